The molecule has 42 heavy (non-hydrogen) atoms. The number of nitrogens with two attached hydrogens (primary N) is 1. The highest BCUT2D eigenvalue weighted by atomic mass is 35.5. The van der Waals surface area contributed by atoms with Crippen LogP contribution >= 0.6 is 0 Å². The topological polar surface area (TPSA) is 107 Å². The van der Waals surface area contributed by atoms with E-state index in [1.165, 1.54) is 11.1 Å². The number of hydrogen-bond donors (Lipinski definition) is 3. The van der Waals surface area contributed by atoms with Crippen molar-refractivity contribution in [3.05, 3.63) is 156 Å². The lowest BCUT2D eigenvalue weighted by atomic mass is 10.1. The number of nitrogen functional groups attached to an aromatic ring is 1. The van der Waals surface area contributed by atoms with Gasteiger partial charge in [-0.3, -0.25) is 0 Å². The molecule has 0 unspecified atom stereocenters. The minimum Gasteiger partial charge on any atom is -1.00 e. The van der Waals surface area contributed by atoms with Crippen LogP contribution in [0, 0.1) is 12.3 Å². The third kappa shape index (κ3) is 9.63. The Hall–Kier alpha value is -5.45. The number of halogens is 1. The molecule has 6 aromatic rings. The Morgan fingerprint density at radius 1 is 0.738 bits per heavy atom. The molecule has 0 aliphatic heterocycles. The van der Waals surface area contributed by atoms with E-state index in [0.29, 0.717) is 5.69 Å². The minimum atomic E-state index is 0. The number of diazo groups is 1. The average Bonchev–Trinajstić information content (AvgIpc) is 3.45. The van der Waals surface area contributed by atoms with Crippen molar-refractivity contribution in [3.8, 4) is 0 Å². The van der Waals surface area contributed by atoms with Gasteiger partial charge in [-0.2, -0.15) is 5.11 Å². The van der Waals surface area contributed by atoms with Gasteiger partial charge in [-0.05, 0) is 42.8 Å². The number of para-hydroxylation sites is 2. The van der Waals surface area contributed by atoms with E-state index in [0.717, 1.165) is 40.2 Å². The molecule has 0 bridgehead atoms. The van der Waals surface area contributed by atoms with E-state index >= 15 is 0 Å². The second kappa shape index (κ2) is 16.6. The van der Waals surface area contributed by atoms with E-state index < -0.39 is 0 Å². The first-order valence-electron chi connectivity index (χ1n) is 13.2. The fraction of sp³-hybridized carbons (Fsp3) is 0.0588. The molecule has 0 aliphatic rings. The zero-order chi connectivity index (χ0) is 28.7. The molecule has 0 saturated heterocycles. The van der Waals surface area contributed by atoms with E-state index in [1.807, 2.05) is 91.1 Å². The molecular weight excluding hydrogens is 542 g/mol. The number of aromatic nitrogens is 1. The predicted molar refractivity (Wildman–Crippen MR) is 169 cm³/mol. The number of hydrogen-bond acceptors (Lipinski definition) is 5. The van der Waals surface area contributed by atoms with Crippen LogP contribution in [0.3, 0.4) is 0 Å². The number of aryl methyl sites for hydroxylation is 1. The lowest BCUT2D eigenvalue weighted by Crippen LogP contribution is -3.00. The molecular formula is C34H32ClN7. The number of rotatable bonds is 5. The van der Waals surface area contributed by atoms with Gasteiger partial charge >= 0.3 is 5.69 Å². The van der Waals surface area contributed by atoms with Gasteiger partial charge in [-0.15, -0.1) is 5.11 Å². The minimum absolute atomic E-state index is 0. The SMILES string of the molecule is Cc1ccc(CNc2cccc3c(N=Nc4ccccc4)c[nH]c23)cc1.N#[N+]c1ccccc1.Nc1ccccc1.[Cl-]. The molecule has 0 aliphatic carbocycles. The molecule has 0 amide bonds. The summed E-state index contributed by atoms with van der Waals surface area (Å²) in [5.74, 6) is 0. The van der Waals surface area contributed by atoms with Gasteiger partial charge in [0.05, 0.1) is 16.9 Å². The number of nitrogens with zero attached hydrogens (tertiary/aromatic N) is 4. The van der Waals surface area contributed by atoms with Gasteiger partial charge in [-0.25, -0.2) is 0 Å². The second-order valence-corrected chi connectivity index (χ2v) is 9.12. The van der Waals surface area contributed by atoms with Crippen LogP contribution in [0.1, 0.15) is 11.1 Å². The summed E-state index contributed by atoms with van der Waals surface area (Å²) in [4.78, 5) is 6.29. The van der Waals surface area contributed by atoms with Crippen LogP contribution in [-0.2, 0) is 6.54 Å². The Labute approximate surface area is 252 Å². The lowest BCUT2D eigenvalue weighted by molar-refractivity contribution is -0.00000853. The highest BCUT2D eigenvalue weighted by Crippen LogP contribution is 2.32. The van der Waals surface area contributed by atoms with Crippen LogP contribution in [-0.4, -0.2) is 4.98 Å². The fourth-order valence-corrected chi connectivity index (χ4v) is 3.83. The number of nitrogens with one attached hydrogen (secondary N) is 2. The quantitative estimate of drug-likeness (QED) is 0.118. The third-order valence-corrected chi connectivity index (χ3v) is 6.00. The number of H-pyrrole nitrogens is 1. The highest BCUT2D eigenvalue weighted by Gasteiger charge is 2.07. The summed E-state index contributed by atoms with van der Waals surface area (Å²) in [6.07, 6.45) is 1.90. The Balaban J connectivity index is 0.000000247. The van der Waals surface area contributed by atoms with Crippen molar-refractivity contribution in [2.75, 3.05) is 11.1 Å². The maximum absolute atomic E-state index is 8.16. The monoisotopic (exact) mass is 573 g/mol. The fourth-order valence-electron chi connectivity index (χ4n) is 3.83. The predicted octanol–water partition coefficient (Wildman–Crippen LogP) is 6.95. The van der Waals surface area contributed by atoms with Crippen molar-refractivity contribution < 1.29 is 12.4 Å². The number of azo groups is 1. The lowest BCUT2D eigenvalue weighted by Gasteiger charge is -2.08. The maximum Gasteiger partial charge on any atom is 0.385 e. The summed E-state index contributed by atoms with van der Waals surface area (Å²) in [5.41, 5.74) is 13.1. The molecule has 0 saturated carbocycles. The van der Waals surface area contributed by atoms with Gasteiger partial charge in [0.25, 0.3) is 0 Å². The van der Waals surface area contributed by atoms with E-state index in [4.69, 9.17) is 11.1 Å². The molecule has 1 heterocycles. The third-order valence-electron chi connectivity index (χ3n) is 6.00. The molecule has 5 aromatic carbocycles. The van der Waals surface area contributed by atoms with Gasteiger partial charge in [0.2, 0.25) is 5.39 Å². The van der Waals surface area contributed by atoms with Crippen LogP contribution in [0.4, 0.5) is 28.4 Å². The molecule has 1 aromatic heterocycles. The summed E-state index contributed by atoms with van der Waals surface area (Å²) < 4.78 is 0. The normalized spacial score (nSPS) is 9.90. The molecule has 0 fully saturated rings. The average molecular weight is 574 g/mol. The van der Waals surface area contributed by atoms with E-state index in [2.05, 4.69) is 68.8 Å². The van der Waals surface area contributed by atoms with Crippen LogP contribution < -0.4 is 23.5 Å². The molecule has 8 heteroatoms. The molecule has 6 rings (SSSR count). The molecule has 210 valence electrons. The summed E-state index contributed by atoms with van der Waals surface area (Å²) in [6, 6.07) is 42.9. The standard InChI is InChI=1S/C22H20N4.C6H5N2.C6H7N.ClH/c1-16-10-12-17(13-11-16)14-23-20-9-5-8-19-21(15-24-22(19)20)26-25-18-6-3-2-4-7-18;7-8-6-4-2-1-3-5-6;7-6-4-2-1-3-5-6;/h2-13,15,23-24H,14H2,1H3;1-5H;1-5H,7H2;1H/q;+1;;/p-1. The van der Waals surface area contributed by atoms with Crippen molar-refractivity contribution in [2.45, 2.75) is 13.5 Å². The van der Waals surface area contributed by atoms with Crippen LogP contribution in [0.2, 0.25) is 0 Å². The van der Waals surface area contributed by atoms with E-state index in [9.17, 15) is 0 Å². The van der Waals surface area contributed by atoms with Crippen LogP contribution in [0.25, 0.3) is 15.9 Å². The smallest absolute Gasteiger partial charge is 0.385 e. The summed E-state index contributed by atoms with van der Waals surface area (Å²) >= 11 is 0. The zero-order valence-corrected chi connectivity index (χ0v) is 24.0. The van der Waals surface area contributed by atoms with Gasteiger partial charge in [0.1, 0.15) is 5.69 Å². The van der Waals surface area contributed by atoms with Gasteiger partial charge in [-0.1, -0.05) is 96.6 Å². The number of benzene rings is 5. The Morgan fingerprint density at radius 3 is 1.93 bits per heavy atom. The summed E-state index contributed by atoms with van der Waals surface area (Å²) in [6.45, 7) is 2.88. The van der Waals surface area contributed by atoms with Crippen molar-refractivity contribution in [1.29, 1.82) is 5.39 Å². The number of aromatic amines is 1. The zero-order valence-electron chi connectivity index (χ0n) is 23.2. The van der Waals surface area contributed by atoms with Crippen molar-refractivity contribution in [1.82, 2.24) is 4.98 Å². The van der Waals surface area contributed by atoms with Gasteiger partial charge in [0.15, 0.2) is 4.98 Å². The molecule has 4 N–H and O–H groups in total. The van der Waals surface area contributed by atoms with Crippen LogP contribution in [0.15, 0.2) is 150 Å². The highest BCUT2D eigenvalue weighted by molar-refractivity contribution is 5.98. The van der Waals surface area contributed by atoms with E-state index in [1.54, 1.807) is 12.1 Å². The summed E-state index contributed by atoms with van der Waals surface area (Å²) in [7, 11) is 0. The van der Waals surface area contributed by atoms with Crippen molar-refractivity contribution in [3.63, 3.8) is 0 Å². The van der Waals surface area contributed by atoms with Crippen molar-refractivity contribution >= 4 is 39.3 Å². The maximum atomic E-state index is 8.16. The van der Waals surface area contributed by atoms with Gasteiger partial charge < -0.3 is 28.4 Å². The first-order chi connectivity index (χ1) is 20.1. The first kappa shape index (κ1) is 31.1. The van der Waals surface area contributed by atoms with Gasteiger partial charge in [0, 0.05) is 35.9 Å². The van der Waals surface area contributed by atoms with Crippen LogP contribution in [0.5, 0.6) is 0 Å². The Kier molecular flexibility index (Phi) is 12.3. The first-order valence-corrected chi connectivity index (χ1v) is 13.2. The molecule has 7 nitrogen and oxygen atoms in total. The van der Waals surface area contributed by atoms with Crippen molar-refractivity contribution in [2.24, 2.45) is 10.2 Å². The largest absolute Gasteiger partial charge is 1.00 e. The molecule has 0 radical (unpaired) electrons. The Morgan fingerprint density at radius 2 is 1.36 bits per heavy atom. The number of anilines is 2. The Bertz CT molecular complexity index is 1690. The second-order valence-electron chi connectivity index (χ2n) is 9.12. The molecule has 0 atom stereocenters. The molecule has 0 spiro atoms. The number of fused-ring (bicyclic) bond motifs is 1. The summed E-state index contributed by atoms with van der Waals surface area (Å²) in [5, 5.41) is 21.4. The van der Waals surface area contributed by atoms with E-state index in [-0.39, 0.29) is 12.4 Å².